The monoisotopic (exact) mass is 449 g/mol. The van der Waals surface area contributed by atoms with Gasteiger partial charge in [-0.1, -0.05) is 5.92 Å². The van der Waals surface area contributed by atoms with Crippen molar-refractivity contribution in [2.24, 2.45) is 5.73 Å². The fraction of sp³-hybridized carbons (Fsp3) is 0.474. The predicted octanol–water partition coefficient (Wildman–Crippen LogP) is -1.36. The van der Waals surface area contributed by atoms with Gasteiger partial charge in [-0.05, 0) is 23.0 Å². The van der Waals surface area contributed by atoms with Crippen LogP contribution in [0.25, 0.3) is 11.2 Å². The third-order valence-electron chi connectivity index (χ3n) is 4.98. The summed E-state index contributed by atoms with van der Waals surface area (Å²) >= 11 is 0. The molecule has 2 aromatic rings. The molecule has 0 bridgehead atoms. The van der Waals surface area contributed by atoms with Crippen molar-refractivity contribution in [2.75, 3.05) is 23.0 Å². The second-order valence-electron chi connectivity index (χ2n) is 7.08. The molecular formula is C19H25N6O5S+. The van der Waals surface area contributed by atoms with Crippen molar-refractivity contribution in [3.8, 4) is 12.3 Å². The highest BCUT2D eigenvalue weighted by Crippen LogP contribution is 2.33. The number of hydrogen-bond donors (Lipinski definition) is 5. The van der Waals surface area contributed by atoms with Crippen LogP contribution in [0.3, 0.4) is 0 Å². The maximum atomic E-state index is 11.0. The molecule has 0 radical (unpaired) electrons. The van der Waals surface area contributed by atoms with Gasteiger partial charge in [-0.2, -0.15) is 0 Å². The van der Waals surface area contributed by atoms with Crippen molar-refractivity contribution in [1.82, 2.24) is 19.5 Å². The smallest absolute Gasteiger partial charge is 0.320 e. The summed E-state index contributed by atoms with van der Waals surface area (Å²) in [5.74, 6) is 3.06. The molecule has 12 heteroatoms. The summed E-state index contributed by atoms with van der Waals surface area (Å²) in [4.78, 5) is 23.2. The van der Waals surface area contributed by atoms with Crippen molar-refractivity contribution in [1.29, 1.82) is 0 Å². The number of nitrogens with two attached hydrogens (primary N) is 2. The van der Waals surface area contributed by atoms with E-state index in [0.717, 1.165) is 0 Å². The molecule has 1 fully saturated rings. The van der Waals surface area contributed by atoms with E-state index < -0.39 is 36.6 Å². The number of aliphatic hydroxyl groups excluding tert-OH is 2. The van der Waals surface area contributed by atoms with Gasteiger partial charge in [0.1, 0.15) is 53.5 Å². The van der Waals surface area contributed by atoms with Gasteiger partial charge in [0.15, 0.2) is 17.7 Å². The Morgan fingerprint density at radius 2 is 2.16 bits per heavy atom. The molecule has 6 atom stereocenters. The van der Waals surface area contributed by atoms with Crippen molar-refractivity contribution in [3.05, 3.63) is 24.8 Å². The minimum Gasteiger partial charge on any atom is -0.480 e. The molecule has 166 valence electrons. The van der Waals surface area contributed by atoms with Gasteiger partial charge < -0.3 is 31.5 Å². The third-order valence-corrected chi connectivity index (χ3v) is 7.26. The normalized spacial score (nSPS) is 25.6. The van der Waals surface area contributed by atoms with Crippen molar-refractivity contribution < 1.29 is 24.9 Å². The van der Waals surface area contributed by atoms with Gasteiger partial charge in [-0.25, -0.2) is 15.0 Å². The van der Waals surface area contributed by atoms with Gasteiger partial charge >= 0.3 is 5.97 Å². The topological polar surface area (TPSA) is 183 Å². The van der Waals surface area contributed by atoms with Crippen LogP contribution in [0.5, 0.6) is 0 Å². The van der Waals surface area contributed by atoms with Gasteiger partial charge in [-0.15, -0.1) is 6.42 Å². The predicted molar refractivity (Wildman–Crippen MR) is 116 cm³/mol. The molecule has 0 saturated carbocycles. The van der Waals surface area contributed by atoms with Crippen LogP contribution < -0.4 is 11.5 Å². The summed E-state index contributed by atoms with van der Waals surface area (Å²) in [6, 6.07) is -0.971. The number of anilines is 1. The zero-order valence-electron chi connectivity index (χ0n) is 16.6. The van der Waals surface area contributed by atoms with Crippen molar-refractivity contribution in [2.45, 2.75) is 37.0 Å². The van der Waals surface area contributed by atoms with E-state index >= 15 is 0 Å². The number of imidazole rings is 1. The molecular weight excluding hydrogens is 424 g/mol. The molecule has 1 saturated heterocycles. The number of hydrogen-bond acceptors (Lipinski definition) is 9. The summed E-state index contributed by atoms with van der Waals surface area (Å²) in [5, 5.41) is 30.2. The molecule has 3 heterocycles. The summed E-state index contributed by atoms with van der Waals surface area (Å²) in [6.45, 7) is 0. The van der Waals surface area contributed by atoms with Gasteiger partial charge in [-0.3, -0.25) is 9.36 Å². The zero-order valence-corrected chi connectivity index (χ0v) is 17.4. The number of rotatable bonds is 9. The molecule has 1 unspecified atom stereocenters. The lowest BCUT2D eigenvalue weighted by molar-refractivity contribution is -0.138. The van der Waals surface area contributed by atoms with Crippen LogP contribution in [0.2, 0.25) is 0 Å². The van der Waals surface area contributed by atoms with Crippen LogP contribution in [0, 0.1) is 12.3 Å². The van der Waals surface area contributed by atoms with E-state index in [1.54, 1.807) is 6.08 Å². The second-order valence-corrected chi connectivity index (χ2v) is 9.38. The highest BCUT2D eigenvalue weighted by Gasteiger charge is 2.47. The average molecular weight is 450 g/mol. The summed E-state index contributed by atoms with van der Waals surface area (Å²) in [5.41, 5.74) is 12.2. The van der Waals surface area contributed by atoms with Gasteiger partial charge in [0.05, 0.1) is 6.33 Å². The highest BCUT2D eigenvalue weighted by atomic mass is 32.2. The Labute approximate surface area is 181 Å². The quantitative estimate of drug-likeness (QED) is 0.226. The maximum absolute atomic E-state index is 11.0. The largest absolute Gasteiger partial charge is 0.480 e. The molecule has 3 rings (SSSR count). The minimum absolute atomic E-state index is 0.199. The first-order chi connectivity index (χ1) is 14.8. The SMILES string of the molecule is C#CC=CC[S+](CC[C@H](N)C(=O)O)C[C@H]1O[C@@H](n2cnc3c(N)ncnc32)[C@H](O)[C@@H]1O. The molecule has 11 nitrogen and oxygen atoms in total. The third kappa shape index (κ3) is 5.15. The van der Waals surface area contributed by atoms with Crippen LogP contribution >= 0.6 is 0 Å². The van der Waals surface area contributed by atoms with Crippen molar-refractivity contribution in [3.63, 3.8) is 0 Å². The number of carbonyl (C=O) groups is 1. The molecule has 0 aliphatic carbocycles. The van der Waals surface area contributed by atoms with E-state index in [1.807, 2.05) is 6.08 Å². The Hall–Kier alpha value is -2.69. The number of carboxylic acids is 1. The number of nitrogen functional groups attached to an aromatic ring is 1. The Morgan fingerprint density at radius 3 is 2.87 bits per heavy atom. The van der Waals surface area contributed by atoms with Gasteiger partial charge in [0, 0.05) is 6.42 Å². The molecule has 1 aliphatic rings. The van der Waals surface area contributed by atoms with Crippen LogP contribution in [0.15, 0.2) is 24.8 Å². The van der Waals surface area contributed by atoms with Crippen LogP contribution in [-0.4, -0.2) is 82.4 Å². The lowest BCUT2D eigenvalue weighted by Gasteiger charge is -2.16. The second kappa shape index (κ2) is 10.1. The number of fused-ring (bicyclic) bond motifs is 1. The first-order valence-electron chi connectivity index (χ1n) is 9.51. The van der Waals surface area contributed by atoms with Crippen molar-refractivity contribution >= 4 is 33.8 Å². The zero-order chi connectivity index (χ0) is 22.5. The first kappa shape index (κ1) is 23.0. The van der Waals surface area contributed by atoms with E-state index in [1.165, 1.54) is 17.2 Å². The highest BCUT2D eigenvalue weighted by molar-refractivity contribution is 7.97. The van der Waals surface area contributed by atoms with Crippen LogP contribution in [-0.2, 0) is 20.4 Å². The number of aliphatic hydroxyl groups is 2. The van der Waals surface area contributed by atoms with E-state index in [-0.39, 0.29) is 23.1 Å². The van der Waals surface area contributed by atoms with Gasteiger partial charge in [0.25, 0.3) is 0 Å². The summed E-state index contributed by atoms with van der Waals surface area (Å²) in [6.07, 6.45) is 7.67. The van der Waals surface area contributed by atoms with Crippen LogP contribution in [0.4, 0.5) is 5.82 Å². The lowest BCUT2D eigenvalue weighted by atomic mass is 10.1. The van der Waals surface area contributed by atoms with E-state index in [0.29, 0.717) is 28.4 Å². The fourth-order valence-corrected chi connectivity index (χ4v) is 5.45. The average Bonchev–Trinajstić information content (AvgIpc) is 3.29. The van der Waals surface area contributed by atoms with E-state index in [4.69, 9.17) is 27.7 Å². The Bertz CT molecular complexity index is 992. The molecule has 1 aliphatic heterocycles. The minimum atomic E-state index is -1.22. The van der Waals surface area contributed by atoms with E-state index in [9.17, 15) is 15.0 Å². The number of aliphatic carboxylic acids is 1. The Kier molecular flexibility index (Phi) is 7.47. The first-order valence-corrected chi connectivity index (χ1v) is 11.2. The Balaban J connectivity index is 1.74. The van der Waals surface area contributed by atoms with E-state index in [2.05, 4.69) is 20.9 Å². The molecule has 31 heavy (non-hydrogen) atoms. The standard InChI is InChI=1S/C19H24N6O5S/c1-2-3-4-6-31(7-5-11(20)19(28)29)8-12-14(26)15(27)18(30-12)25-10-24-13-16(21)22-9-23-17(13)25/h1,3-4,9-12,14-15,18,26-27H,5-8,20H2,(H2-,21,22,23,28,29)/p+1/t11-,12+,14+,15+,18+,31?/m0/s1. The number of carboxylic acid groups (broad SMARTS) is 1. The number of allylic oxidation sites excluding steroid dienone is 1. The summed E-state index contributed by atoms with van der Waals surface area (Å²) < 4.78 is 7.50. The number of ether oxygens (including phenoxy) is 1. The number of aromatic nitrogens is 4. The summed E-state index contributed by atoms with van der Waals surface area (Å²) in [7, 11) is -0.373. The fourth-order valence-electron chi connectivity index (χ4n) is 3.29. The lowest BCUT2D eigenvalue weighted by Crippen LogP contribution is -2.38. The molecule has 2 aromatic heterocycles. The number of terminal acetylenes is 1. The van der Waals surface area contributed by atoms with Gasteiger partial charge in [0.2, 0.25) is 0 Å². The van der Waals surface area contributed by atoms with Crippen LogP contribution in [0.1, 0.15) is 12.6 Å². The molecule has 7 N–H and O–H groups in total. The maximum Gasteiger partial charge on any atom is 0.320 e. The molecule has 0 aromatic carbocycles. The number of nitrogens with zero attached hydrogens (tertiary/aromatic N) is 4. The molecule has 0 amide bonds. The Morgan fingerprint density at radius 1 is 1.39 bits per heavy atom. The molecule has 0 spiro atoms.